The maximum atomic E-state index is 9.80. The Morgan fingerprint density at radius 3 is 2.18 bits per heavy atom. The Labute approximate surface area is 99.6 Å². The summed E-state index contributed by atoms with van der Waals surface area (Å²) in [6.07, 6.45) is 0. The molecule has 3 N–H and O–H groups in total. The van der Waals surface area contributed by atoms with Gasteiger partial charge in [0.15, 0.2) is 0 Å². The van der Waals surface area contributed by atoms with Crippen LogP contribution in [0.3, 0.4) is 0 Å². The minimum atomic E-state index is 0.0795. The Morgan fingerprint density at radius 2 is 1.47 bits per heavy atom. The van der Waals surface area contributed by atoms with Crippen molar-refractivity contribution in [3.8, 4) is 28.4 Å². The normalized spacial score (nSPS) is 10.5. The molecule has 0 unspecified atom stereocenters. The van der Waals surface area contributed by atoms with E-state index in [1.54, 1.807) is 13.0 Å². The fraction of sp³-hybridized carbons (Fsp3) is 0.143. The maximum absolute atomic E-state index is 9.80. The van der Waals surface area contributed by atoms with Crippen molar-refractivity contribution in [1.29, 1.82) is 0 Å². The summed E-state index contributed by atoms with van der Waals surface area (Å²) in [5.74, 6) is 0.344. The average molecular weight is 230 g/mol. The molecule has 0 saturated heterocycles. The molecule has 0 atom stereocenters. The van der Waals surface area contributed by atoms with Gasteiger partial charge in [-0.15, -0.1) is 0 Å². The third-order valence-corrected chi connectivity index (χ3v) is 2.79. The monoisotopic (exact) mass is 230 g/mol. The molecule has 2 aromatic carbocycles. The van der Waals surface area contributed by atoms with E-state index in [4.69, 9.17) is 0 Å². The number of aryl methyl sites for hydroxylation is 1. The molecule has 0 aromatic heterocycles. The first-order chi connectivity index (χ1) is 7.99. The van der Waals surface area contributed by atoms with Gasteiger partial charge in [-0.1, -0.05) is 6.07 Å². The van der Waals surface area contributed by atoms with E-state index in [0.717, 1.165) is 11.1 Å². The number of benzene rings is 2. The topological polar surface area (TPSA) is 60.7 Å². The van der Waals surface area contributed by atoms with Crippen LogP contribution in [0, 0.1) is 13.8 Å². The summed E-state index contributed by atoms with van der Waals surface area (Å²) in [6.45, 7) is 3.64. The third-order valence-electron chi connectivity index (χ3n) is 2.79. The standard InChI is InChI=1S/C14H14O3/c1-8-5-11(9(2)14(17)6-8)12-7-10(15)3-4-13(12)16/h3-7,15-17H,1-2H3. The molecular formula is C14H14O3. The predicted molar refractivity (Wildman–Crippen MR) is 66.3 cm³/mol. The SMILES string of the molecule is Cc1cc(O)c(C)c(-c2cc(O)ccc2O)c1. The fourth-order valence-electron chi connectivity index (χ4n) is 1.86. The molecule has 0 spiro atoms. The maximum Gasteiger partial charge on any atom is 0.123 e. The molecule has 0 heterocycles. The van der Waals surface area contributed by atoms with Crippen LogP contribution in [0.1, 0.15) is 11.1 Å². The van der Waals surface area contributed by atoms with Crippen molar-refractivity contribution in [2.45, 2.75) is 13.8 Å². The molecule has 0 aliphatic rings. The van der Waals surface area contributed by atoms with Crippen LogP contribution in [0.4, 0.5) is 0 Å². The van der Waals surface area contributed by atoms with Gasteiger partial charge >= 0.3 is 0 Å². The van der Waals surface area contributed by atoms with Gasteiger partial charge in [0.1, 0.15) is 17.2 Å². The van der Waals surface area contributed by atoms with Gasteiger partial charge in [0.25, 0.3) is 0 Å². The second kappa shape index (κ2) is 4.01. The van der Waals surface area contributed by atoms with Gasteiger partial charge in [0, 0.05) is 5.56 Å². The first kappa shape index (κ1) is 11.3. The highest BCUT2D eigenvalue weighted by Gasteiger charge is 2.11. The van der Waals surface area contributed by atoms with E-state index in [9.17, 15) is 15.3 Å². The zero-order chi connectivity index (χ0) is 12.6. The highest BCUT2D eigenvalue weighted by Crippen LogP contribution is 2.37. The lowest BCUT2D eigenvalue weighted by Gasteiger charge is -2.11. The van der Waals surface area contributed by atoms with Crippen molar-refractivity contribution in [1.82, 2.24) is 0 Å². The summed E-state index contributed by atoms with van der Waals surface area (Å²) in [5.41, 5.74) is 2.81. The second-order valence-corrected chi connectivity index (χ2v) is 4.16. The van der Waals surface area contributed by atoms with E-state index in [0.29, 0.717) is 11.1 Å². The van der Waals surface area contributed by atoms with Crippen LogP contribution < -0.4 is 0 Å². The number of hydrogen-bond donors (Lipinski definition) is 3. The first-order valence-corrected chi connectivity index (χ1v) is 5.31. The predicted octanol–water partition coefficient (Wildman–Crippen LogP) is 3.09. The van der Waals surface area contributed by atoms with Gasteiger partial charge in [-0.25, -0.2) is 0 Å². The first-order valence-electron chi connectivity index (χ1n) is 5.31. The van der Waals surface area contributed by atoms with E-state index in [1.165, 1.54) is 18.2 Å². The molecule has 0 fully saturated rings. The lowest BCUT2D eigenvalue weighted by atomic mass is 9.96. The molecule has 3 nitrogen and oxygen atoms in total. The fourth-order valence-corrected chi connectivity index (χ4v) is 1.86. The smallest absolute Gasteiger partial charge is 0.123 e. The Morgan fingerprint density at radius 1 is 0.765 bits per heavy atom. The lowest BCUT2D eigenvalue weighted by Crippen LogP contribution is -1.87. The molecule has 17 heavy (non-hydrogen) atoms. The zero-order valence-corrected chi connectivity index (χ0v) is 9.73. The quantitative estimate of drug-likeness (QED) is 0.660. The highest BCUT2D eigenvalue weighted by molar-refractivity contribution is 5.76. The van der Waals surface area contributed by atoms with Gasteiger partial charge < -0.3 is 15.3 Å². The van der Waals surface area contributed by atoms with Gasteiger partial charge in [0.05, 0.1) is 0 Å². The van der Waals surface area contributed by atoms with Gasteiger partial charge in [-0.05, 0) is 54.8 Å². The zero-order valence-electron chi connectivity index (χ0n) is 9.73. The van der Waals surface area contributed by atoms with E-state index in [1.807, 2.05) is 13.0 Å². The number of phenolic OH excluding ortho intramolecular Hbond substituents is 3. The van der Waals surface area contributed by atoms with Crippen LogP contribution in [0.5, 0.6) is 17.2 Å². The molecule has 0 amide bonds. The molecule has 88 valence electrons. The van der Waals surface area contributed by atoms with E-state index < -0.39 is 0 Å². The molecule has 2 rings (SSSR count). The molecule has 3 heteroatoms. The van der Waals surface area contributed by atoms with Crippen molar-refractivity contribution < 1.29 is 15.3 Å². The second-order valence-electron chi connectivity index (χ2n) is 4.16. The molecule has 0 aliphatic heterocycles. The number of phenols is 3. The Balaban J connectivity index is 2.72. The molecule has 2 aromatic rings. The van der Waals surface area contributed by atoms with Crippen LogP contribution in [0.15, 0.2) is 30.3 Å². The van der Waals surface area contributed by atoms with Crippen LogP contribution in [-0.4, -0.2) is 15.3 Å². The van der Waals surface area contributed by atoms with Crippen molar-refractivity contribution in [2.75, 3.05) is 0 Å². The van der Waals surface area contributed by atoms with Crippen LogP contribution in [-0.2, 0) is 0 Å². The lowest BCUT2D eigenvalue weighted by molar-refractivity contribution is 0.461. The minimum absolute atomic E-state index is 0.0795. The average Bonchev–Trinajstić information content (AvgIpc) is 2.27. The summed E-state index contributed by atoms with van der Waals surface area (Å²) in [4.78, 5) is 0. The molecular weight excluding hydrogens is 216 g/mol. The summed E-state index contributed by atoms with van der Waals surface area (Å²) in [6, 6.07) is 7.87. The van der Waals surface area contributed by atoms with Crippen LogP contribution in [0.2, 0.25) is 0 Å². The number of aromatic hydroxyl groups is 3. The third kappa shape index (κ3) is 2.04. The molecule has 0 radical (unpaired) electrons. The van der Waals surface area contributed by atoms with E-state index in [2.05, 4.69) is 0 Å². The van der Waals surface area contributed by atoms with Gasteiger partial charge in [-0.3, -0.25) is 0 Å². The Hall–Kier alpha value is -2.16. The minimum Gasteiger partial charge on any atom is -0.508 e. The van der Waals surface area contributed by atoms with E-state index in [-0.39, 0.29) is 17.2 Å². The highest BCUT2D eigenvalue weighted by atomic mass is 16.3. The van der Waals surface area contributed by atoms with Crippen LogP contribution in [0.25, 0.3) is 11.1 Å². The molecule has 0 saturated carbocycles. The Bertz CT molecular complexity index is 574. The van der Waals surface area contributed by atoms with E-state index >= 15 is 0 Å². The van der Waals surface area contributed by atoms with Crippen molar-refractivity contribution >= 4 is 0 Å². The number of rotatable bonds is 1. The summed E-state index contributed by atoms with van der Waals surface area (Å²) < 4.78 is 0. The van der Waals surface area contributed by atoms with Gasteiger partial charge in [-0.2, -0.15) is 0 Å². The summed E-state index contributed by atoms with van der Waals surface area (Å²) in [5, 5.41) is 29.0. The summed E-state index contributed by atoms with van der Waals surface area (Å²) >= 11 is 0. The van der Waals surface area contributed by atoms with Gasteiger partial charge in [0.2, 0.25) is 0 Å². The number of hydrogen-bond acceptors (Lipinski definition) is 3. The largest absolute Gasteiger partial charge is 0.508 e. The summed E-state index contributed by atoms with van der Waals surface area (Å²) in [7, 11) is 0. The van der Waals surface area contributed by atoms with Crippen molar-refractivity contribution in [3.05, 3.63) is 41.5 Å². The molecule has 0 aliphatic carbocycles. The van der Waals surface area contributed by atoms with Crippen LogP contribution >= 0.6 is 0 Å². The van der Waals surface area contributed by atoms with Crippen molar-refractivity contribution in [3.63, 3.8) is 0 Å². The molecule has 0 bridgehead atoms. The Kier molecular flexibility index (Phi) is 2.68. The van der Waals surface area contributed by atoms with Crippen molar-refractivity contribution in [2.24, 2.45) is 0 Å².